The van der Waals surface area contributed by atoms with Crippen LogP contribution in [0.2, 0.25) is 0 Å². The minimum Gasteiger partial charge on any atom is -0.378 e. The van der Waals surface area contributed by atoms with Gasteiger partial charge in [-0.25, -0.2) is 0 Å². The first kappa shape index (κ1) is 19.2. The topological polar surface area (TPSA) is 81.4 Å². The number of carbonyl (C=O) groups excluding carboxylic acids is 1. The van der Waals surface area contributed by atoms with E-state index in [9.17, 15) is 9.59 Å². The summed E-state index contributed by atoms with van der Waals surface area (Å²) in [6.07, 6.45) is 1.65. The van der Waals surface area contributed by atoms with Crippen LogP contribution in [-0.2, 0) is 29.7 Å². The molecule has 0 unspecified atom stereocenters. The maximum atomic E-state index is 12.7. The van der Waals surface area contributed by atoms with Crippen molar-refractivity contribution in [2.75, 3.05) is 31.2 Å². The summed E-state index contributed by atoms with van der Waals surface area (Å²) < 4.78 is 8.36. The van der Waals surface area contributed by atoms with Crippen LogP contribution in [0.15, 0.2) is 41.3 Å². The lowest BCUT2D eigenvalue weighted by Crippen LogP contribution is -2.36. The van der Waals surface area contributed by atoms with E-state index in [1.54, 1.807) is 17.9 Å². The summed E-state index contributed by atoms with van der Waals surface area (Å²) in [6, 6.07) is 9.99. The van der Waals surface area contributed by atoms with Crippen molar-refractivity contribution in [3.8, 4) is 0 Å². The average Bonchev–Trinajstić information content (AvgIpc) is 3.03. The Labute approximate surface area is 168 Å². The second kappa shape index (κ2) is 8.08. The number of rotatable bonds is 5. The molecule has 152 valence electrons. The largest absolute Gasteiger partial charge is 0.378 e. The monoisotopic (exact) mass is 395 g/mol. The van der Waals surface area contributed by atoms with Gasteiger partial charge in [-0.3, -0.25) is 14.3 Å². The second-order valence-electron chi connectivity index (χ2n) is 7.26. The van der Waals surface area contributed by atoms with E-state index in [1.165, 1.54) is 4.57 Å². The summed E-state index contributed by atoms with van der Waals surface area (Å²) in [5, 5.41) is 7.98. The van der Waals surface area contributed by atoms with Crippen molar-refractivity contribution in [1.82, 2.24) is 19.7 Å². The number of carbonyl (C=O) groups is 1. The zero-order valence-corrected chi connectivity index (χ0v) is 16.7. The third kappa shape index (κ3) is 4.02. The fourth-order valence-electron chi connectivity index (χ4n) is 3.68. The number of benzene rings is 1. The molecule has 1 fully saturated rings. The van der Waals surface area contributed by atoms with Gasteiger partial charge in [0.1, 0.15) is 12.1 Å². The third-order valence-corrected chi connectivity index (χ3v) is 5.27. The fourth-order valence-corrected chi connectivity index (χ4v) is 3.68. The van der Waals surface area contributed by atoms with Gasteiger partial charge in [-0.05, 0) is 30.7 Å². The van der Waals surface area contributed by atoms with Crippen molar-refractivity contribution in [2.24, 2.45) is 7.05 Å². The first-order valence-corrected chi connectivity index (χ1v) is 9.74. The first-order valence-electron chi connectivity index (χ1n) is 9.74. The van der Waals surface area contributed by atoms with Gasteiger partial charge >= 0.3 is 0 Å². The molecule has 0 aliphatic carbocycles. The third-order valence-electron chi connectivity index (χ3n) is 5.27. The molecule has 1 saturated heterocycles. The molecule has 0 saturated carbocycles. The Bertz CT molecular complexity index is 1080. The summed E-state index contributed by atoms with van der Waals surface area (Å²) in [5.74, 6) is -0.206. The van der Waals surface area contributed by atoms with E-state index < -0.39 is 0 Å². The smallest absolute Gasteiger partial charge is 0.277 e. The number of ether oxygens (including phenoxy) is 1. The molecule has 3 heterocycles. The molecule has 1 aromatic carbocycles. The molecular formula is C21H25N5O3. The number of hydrogen-bond acceptors (Lipinski definition) is 5. The molecule has 1 N–H and O–H groups in total. The number of hydrogen-bond donors (Lipinski definition) is 1. The molecule has 29 heavy (non-hydrogen) atoms. The van der Waals surface area contributed by atoms with Crippen molar-refractivity contribution in [3.05, 3.63) is 58.1 Å². The quantitative estimate of drug-likeness (QED) is 0.702. The van der Waals surface area contributed by atoms with E-state index >= 15 is 0 Å². The number of anilines is 1. The summed E-state index contributed by atoms with van der Waals surface area (Å²) in [7, 11) is 1.74. The molecule has 8 nitrogen and oxygen atoms in total. The Hall–Kier alpha value is -3.13. The maximum absolute atomic E-state index is 12.7. The molecular weight excluding hydrogens is 370 g/mol. The number of nitrogens with one attached hydrogen (secondary N) is 1. The van der Waals surface area contributed by atoms with Crippen LogP contribution < -0.4 is 15.8 Å². The number of morpholine rings is 1. The van der Waals surface area contributed by atoms with Crippen molar-refractivity contribution >= 4 is 22.5 Å². The second-order valence-corrected chi connectivity index (χ2v) is 7.26. The number of fused-ring (bicyclic) bond motifs is 1. The number of pyridine rings is 1. The Balaban J connectivity index is 1.38. The van der Waals surface area contributed by atoms with Gasteiger partial charge in [-0.2, -0.15) is 5.10 Å². The van der Waals surface area contributed by atoms with E-state index in [-0.39, 0.29) is 18.0 Å². The fraction of sp³-hybridized carbons (Fsp3) is 0.381. The minimum absolute atomic E-state index is 0.0230. The highest BCUT2D eigenvalue weighted by Gasteiger charge is 2.13. The Kier molecular flexibility index (Phi) is 5.35. The highest BCUT2D eigenvalue weighted by atomic mass is 16.5. The Morgan fingerprint density at radius 1 is 1.17 bits per heavy atom. The standard InChI is InChI=1S/C21H25N5O3/c1-15-18-7-8-26(21(28)20(18)24(2)23-15)14-19(27)22-13-16-3-5-17(6-4-16)25-9-11-29-12-10-25/h3-8H,9-14H2,1-2H3,(H,22,27). The van der Waals surface area contributed by atoms with Gasteiger partial charge in [-0.1, -0.05) is 12.1 Å². The lowest BCUT2D eigenvalue weighted by Gasteiger charge is -2.28. The number of amides is 1. The molecule has 1 aliphatic heterocycles. The first-order chi connectivity index (χ1) is 14.0. The van der Waals surface area contributed by atoms with Crippen molar-refractivity contribution in [3.63, 3.8) is 0 Å². The van der Waals surface area contributed by atoms with Gasteiger partial charge in [0.15, 0.2) is 0 Å². The molecule has 4 rings (SSSR count). The van der Waals surface area contributed by atoms with Crippen LogP contribution in [-0.4, -0.2) is 46.6 Å². The average molecular weight is 395 g/mol. The van der Waals surface area contributed by atoms with E-state index in [2.05, 4.69) is 27.4 Å². The lowest BCUT2D eigenvalue weighted by molar-refractivity contribution is -0.121. The van der Waals surface area contributed by atoms with Crippen LogP contribution in [0.25, 0.3) is 10.9 Å². The number of nitrogens with zero attached hydrogens (tertiary/aromatic N) is 4. The van der Waals surface area contributed by atoms with Gasteiger partial charge in [0.05, 0.1) is 18.9 Å². The summed E-state index contributed by atoms with van der Waals surface area (Å²) in [4.78, 5) is 27.3. The summed E-state index contributed by atoms with van der Waals surface area (Å²) >= 11 is 0. The van der Waals surface area contributed by atoms with Gasteiger partial charge < -0.3 is 19.5 Å². The molecule has 0 atom stereocenters. The van der Waals surface area contributed by atoms with E-state index in [4.69, 9.17) is 4.74 Å². The van der Waals surface area contributed by atoms with Crippen LogP contribution in [0.4, 0.5) is 5.69 Å². The van der Waals surface area contributed by atoms with E-state index in [0.717, 1.165) is 48.6 Å². The molecule has 0 bridgehead atoms. The predicted octanol–water partition coefficient (Wildman–Crippen LogP) is 1.20. The minimum atomic E-state index is -0.212. The van der Waals surface area contributed by atoms with Crippen molar-refractivity contribution in [1.29, 1.82) is 0 Å². The number of aromatic nitrogens is 3. The van der Waals surface area contributed by atoms with Gasteiger partial charge in [0.2, 0.25) is 5.91 Å². The van der Waals surface area contributed by atoms with Crippen LogP contribution in [0.3, 0.4) is 0 Å². The molecule has 8 heteroatoms. The van der Waals surface area contributed by atoms with Gasteiger partial charge in [0.25, 0.3) is 5.56 Å². The van der Waals surface area contributed by atoms with E-state index in [1.807, 2.05) is 25.1 Å². The lowest BCUT2D eigenvalue weighted by atomic mass is 10.2. The summed E-state index contributed by atoms with van der Waals surface area (Å²) in [5.41, 5.74) is 3.28. The Morgan fingerprint density at radius 3 is 2.62 bits per heavy atom. The SMILES string of the molecule is Cc1nn(C)c2c(=O)n(CC(=O)NCc3ccc(N4CCOCC4)cc3)ccc12. The van der Waals surface area contributed by atoms with E-state index in [0.29, 0.717) is 12.1 Å². The van der Waals surface area contributed by atoms with Crippen LogP contribution >= 0.6 is 0 Å². The molecule has 0 spiro atoms. The Morgan fingerprint density at radius 2 is 1.90 bits per heavy atom. The van der Waals surface area contributed by atoms with Crippen LogP contribution in [0, 0.1) is 6.92 Å². The molecule has 0 radical (unpaired) electrons. The van der Waals surface area contributed by atoms with Crippen LogP contribution in [0.5, 0.6) is 0 Å². The number of aryl methyl sites for hydroxylation is 2. The molecule has 1 aliphatic rings. The van der Waals surface area contributed by atoms with Crippen molar-refractivity contribution in [2.45, 2.75) is 20.0 Å². The highest BCUT2D eigenvalue weighted by molar-refractivity contribution is 5.81. The zero-order valence-electron chi connectivity index (χ0n) is 16.7. The zero-order chi connectivity index (χ0) is 20.4. The molecule has 2 aromatic heterocycles. The van der Waals surface area contributed by atoms with Gasteiger partial charge in [-0.15, -0.1) is 0 Å². The maximum Gasteiger partial charge on any atom is 0.277 e. The van der Waals surface area contributed by atoms with Gasteiger partial charge in [0, 0.05) is 44.0 Å². The predicted molar refractivity (Wildman–Crippen MR) is 111 cm³/mol. The van der Waals surface area contributed by atoms with Crippen molar-refractivity contribution < 1.29 is 9.53 Å². The summed E-state index contributed by atoms with van der Waals surface area (Å²) in [6.45, 7) is 5.55. The molecule has 3 aromatic rings. The highest BCUT2D eigenvalue weighted by Crippen LogP contribution is 2.16. The van der Waals surface area contributed by atoms with Crippen LogP contribution in [0.1, 0.15) is 11.3 Å². The molecule has 1 amide bonds. The normalized spacial score (nSPS) is 14.3.